The summed E-state index contributed by atoms with van der Waals surface area (Å²) in [5.74, 6) is -0.380. The van der Waals surface area contributed by atoms with Crippen LogP contribution < -0.4 is 9.64 Å². The Balaban J connectivity index is 1.58. The summed E-state index contributed by atoms with van der Waals surface area (Å²) in [5.41, 5.74) is -3.45. The number of para-hydroxylation sites is 1. The molecule has 4 saturated heterocycles. The third-order valence-corrected chi connectivity index (χ3v) is 10.3. The molecule has 2 N–H and O–H groups in total. The molecule has 1 aromatic carbocycles. The van der Waals surface area contributed by atoms with Gasteiger partial charge < -0.3 is 24.4 Å². The van der Waals surface area contributed by atoms with Crippen molar-refractivity contribution in [3.63, 3.8) is 0 Å². The zero-order valence-corrected chi connectivity index (χ0v) is 17.8. The molecule has 32 heavy (non-hydrogen) atoms. The fourth-order valence-electron chi connectivity index (χ4n) is 9.87. The molecule has 9 nitrogen and oxygen atoms in total. The number of rotatable bonds is 1. The second kappa shape index (κ2) is 4.84. The average Bonchev–Trinajstić information content (AvgIpc) is 3.26. The van der Waals surface area contributed by atoms with Gasteiger partial charge in [0.15, 0.2) is 11.4 Å². The summed E-state index contributed by atoms with van der Waals surface area (Å²) in [4.78, 5) is 31.3. The van der Waals surface area contributed by atoms with Crippen LogP contribution in [0.2, 0.25) is 0 Å². The van der Waals surface area contributed by atoms with Crippen LogP contribution >= 0.6 is 0 Å². The highest BCUT2D eigenvalue weighted by Gasteiger charge is 3.01. The van der Waals surface area contributed by atoms with E-state index in [-0.39, 0.29) is 11.8 Å². The van der Waals surface area contributed by atoms with Gasteiger partial charge in [-0.2, -0.15) is 0 Å². The Labute approximate surface area is 183 Å². The number of aliphatic hydroxyl groups is 2. The van der Waals surface area contributed by atoms with E-state index in [4.69, 9.17) is 14.2 Å². The Bertz CT molecular complexity index is 1160. The van der Waals surface area contributed by atoms with Crippen molar-refractivity contribution in [2.45, 2.75) is 60.3 Å². The number of piperidine rings is 1. The quantitative estimate of drug-likeness (QED) is 0.636. The molecule has 10 rings (SSSR count). The summed E-state index contributed by atoms with van der Waals surface area (Å²) in [6.45, 7) is 0.614. The molecule has 10 atom stereocenters. The highest BCUT2D eigenvalue weighted by molar-refractivity contribution is 6.09. The minimum Gasteiger partial charge on any atom is -0.495 e. The smallest absolute Gasteiger partial charge is 0.414 e. The first-order chi connectivity index (χ1) is 15.4. The van der Waals surface area contributed by atoms with Crippen LogP contribution in [0.1, 0.15) is 24.8 Å². The summed E-state index contributed by atoms with van der Waals surface area (Å²) in [6.07, 6.45) is -1.12. The molecule has 0 radical (unpaired) electrons. The molecule has 1 aromatic rings. The van der Waals surface area contributed by atoms with Crippen LogP contribution in [-0.2, 0) is 19.7 Å². The zero-order chi connectivity index (χ0) is 22.0. The van der Waals surface area contributed by atoms with Crippen molar-refractivity contribution in [1.29, 1.82) is 0 Å². The van der Waals surface area contributed by atoms with Crippen LogP contribution in [-0.4, -0.2) is 83.4 Å². The SMILES string of the molecule is COC(=O)N1c2c(OC)cccc2C23C4C(=O)C5(O)C6OC4N4CCC(O)C6(CCC152)C43. The summed E-state index contributed by atoms with van der Waals surface area (Å²) >= 11 is 0. The summed E-state index contributed by atoms with van der Waals surface area (Å²) < 4.78 is 17.4. The van der Waals surface area contributed by atoms with Crippen molar-refractivity contribution in [3.05, 3.63) is 23.8 Å². The van der Waals surface area contributed by atoms with Crippen molar-refractivity contribution in [2.24, 2.45) is 11.3 Å². The van der Waals surface area contributed by atoms with E-state index in [1.54, 1.807) is 13.2 Å². The minimum atomic E-state index is -1.93. The van der Waals surface area contributed by atoms with Crippen LogP contribution in [0.3, 0.4) is 0 Å². The summed E-state index contributed by atoms with van der Waals surface area (Å²) in [7, 11) is 2.86. The van der Waals surface area contributed by atoms with Gasteiger partial charge in [0.2, 0.25) is 0 Å². The zero-order valence-electron chi connectivity index (χ0n) is 17.8. The lowest BCUT2D eigenvalue weighted by Crippen LogP contribution is -2.91. The van der Waals surface area contributed by atoms with E-state index in [2.05, 4.69) is 4.90 Å². The van der Waals surface area contributed by atoms with Crippen molar-refractivity contribution >= 4 is 17.6 Å². The monoisotopic (exact) mass is 440 g/mol. The molecule has 168 valence electrons. The van der Waals surface area contributed by atoms with Crippen LogP contribution in [0, 0.1) is 11.3 Å². The van der Waals surface area contributed by atoms with E-state index in [0.717, 1.165) is 5.56 Å². The largest absolute Gasteiger partial charge is 0.495 e. The van der Waals surface area contributed by atoms with Crippen LogP contribution in [0.15, 0.2) is 18.2 Å². The molecule has 5 heterocycles. The van der Waals surface area contributed by atoms with Gasteiger partial charge in [-0.1, -0.05) is 12.1 Å². The fraction of sp³-hybridized carbons (Fsp3) is 0.652. The van der Waals surface area contributed by atoms with Gasteiger partial charge in [-0.25, -0.2) is 4.79 Å². The molecule has 4 aliphatic carbocycles. The van der Waals surface area contributed by atoms with Crippen molar-refractivity contribution in [3.8, 4) is 5.75 Å². The van der Waals surface area contributed by atoms with E-state index in [1.165, 1.54) is 12.0 Å². The second-order valence-electron chi connectivity index (χ2n) is 10.5. The number of anilines is 1. The van der Waals surface area contributed by atoms with Gasteiger partial charge in [0.25, 0.3) is 0 Å². The number of nitrogens with zero attached hydrogens (tertiary/aromatic N) is 2. The van der Waals surface area contributed by atoms with E-state index in [0.29, 0.717) is 37.2 Å². The van der Waals surface area contributed by atoms with Crippen molar-refractivity contribution in [1.82, 2.24) is 4.90 Å². The third-order valence-electron chi connectivity index (χ3n) is 10.3. The lowest BCUT2D eigenvalue weighted by molar-refractivity contribution is -0.350. The number of Topliss-reactive ketones (excluding diaryl/α,β-unsaturated/α-hetero) is 1. The van der Waals surface area contributed by atoms with Gasteiger partial charge in [0.05, 0.1) is 37.3 Å². The number of carbonyl (C=O) groups is 2. The molecule has 0 aromatic heterocycles. The highest BCUT2D eigenvalue weighted by Crippen LogP contribution is 2.85. The van der Waals surface area contributed by atoms with E-state index in [1.807, 2.05) is 12.1 Å². The van der Waals surface area contributed by atoms with Crippen LogP contribution in [0.25, 0.3) is 0 Å². The maximum Gasteiger partial charge on any atom is 0.414 e. The Morgan fingerprint density at radius 2 is 2.09 bits per heavy atom. The molecule has 9 bridgehead atoms. The maximum absolute atomic E-state index is 14.1. The molecule has 1 amide bonds. The summed E-state index contributed by atoms with van der Waals surface area (Å²) in [6, 6.07) is 5.40. The first-order valence-corrected chi connectivity index (χ1v) is 11.3. The molecule has 3 spiro atoms. The molecule has 9 aliphatic rings. The Kier molecular flexibility index (Phi) is 2.76. The first kappa shape index (κ1) is 18.3. The number of ether oxygens (including phenoxy) is 3. The Morgan fingerprint density at radius 3 is 2.84 bits per heavy atom. The molecule has 10 unspecified atom stereocenters. The average molecular weight is 440 g/mol. The highest BCUT2D eigenvalue weighted by atomic mass is 16.6. The Hall–Kier alpha value is -2.20. The van der Waals surface area contributed by atoms with Crippen LogP contribution in [0.4, 0.5) is 10.5 Å². The number of aliphatic hydroxyl groups excluding tert-OH is 1. The maximum atomic E-state index is 14.1. The molecule has 5 aliphatic heterocycles. The number of methoxy groups -OCH3 is 2. The van der Waals surface area contributed by atoms with Crippen molar-refractivity contribution < 1.29 is 34.0 Å². The van der Waals surface area contributed by atoms with Gasteiger partial charge in [-0.15, -0.1) is 0 Å². The van der Waals surface area contributed by atoms with Gasteiger partial charge in [0.1, 0.15) is 23.6 Å². The fourth-order valence-corrected chi connectivity index (χ4v) is 9.87. The lowest BCUT2D eigenvalue weighted by atomic mass is 9.38. The predicted molar refractivity (Wildman–Crippen MR) is 107 cm³/mol. The van der Waals surface area contributed by atoms with Gasteiger partial charge in [-0.3, -0.25) is 14.6 Å². The number of hydrogen-bond acceptors (Lipinski definition) is 8. The first-order valence-electron chi connectivity index (χ1n) is 11.3. The van der Waals surface area contributed by atoms with E-state index >= 15 is 0 Å². The number of hydrogen-bond donors (Lipinski definition) is 2. The van der Waals surface area contributed by atoms with Gasteiger partial charge in [0, 0.05) is 18.0 Å². The van der Waals surface area contributed by atoms with Crippen LogP contribution in [0.5, 0.6) is 5.75 Å². The molecular weight excluding hydrogens is 416 g/mol. The molecular formula is C23H24N2O7. The number of carbonyl (C=O) groups excluding carboxylic acids is 2. The molecule has 8 fully saturated rings. The molecule has 4 saturated carbocycles. The second-order valence-corrected chi connectivity index (χ2v) is 10.5. The van der Waals surface area contributed by atoms with E-state index < -0.39 is 52.4 Å². The van der Waals surface area contributed by atoms with Gasteiger partial charge >= 0.3 is 6.09 Å². The summed E-state index contributed by atoms with van der Waals surface area (Å²) in [5, 5.41) is 23.8. The number of ketones is 1. The number of benzene rings is 1. The Morgan fingerprint density at radius 1 is 1.28 bits per heavy atom. The normalized spacial score (nSPS) is 54.2. The lowest BCUT2D eigenvalue weighted by Gasteiger charge is -2.74. The molecule has 9 heteroatoms. The van der Waals surface area contributed by atoms with Gasteiger partial charge in [-0.05, 0) is 30.9 Å². The predicted octanol–water partition coefficient (Wildman–Crippen LogP) is 0.156. The number of fused-ring (bicyclic) bond motifs is 2. The van der Waals surface area contributed by atoms with Crippen molar-refractivity contribution in [2.75, 3.05) is 25.7 Å². The topological polar surface area (TPSA) is 109 Å². The minimum absolute atomic E-state index is 0.214. The number of amides is 1. The third kappa shape index (κ3) is 1.22. The van der Waals surface area contributed by atoms with E-state index in [9.17, 15) is 19.8 Å². The standard InChI is InChI=1S/C23H24N2O7/c1-30-11-5-3-4-10-14(11)25(19(28)31-2)21-8-7-20-12(26)6-9-24-16-13(22(10,21)17(20)24)15(27)23(21,29)18(20)32-16/h3-5,12-13,16-18,26,29H,6-9H2,1-2H3.